The topological polar surface area (TPSA) is 95.4 Å². The number of benzene rings is 1. The third-order valence-electron chi connectivity index (χ3n) is 3.73. The van der Waals surface area contributed by atoms with E-state index in [-0.39, 0.29) is 5.56 Å². The average Bonchev–Trinajstić information content (AvgIpc) is 3.33. The zero-order valence-electron chi connectivity index (χ0n) is 14.6. The molecule has 0 spiro atoms. The summed E-state index contributed by atoms with van der Waals surface area (Å²) in [6.45, 7) is 2.00. The molecule has 0 aliphatic carbocycles. The normalized spacial score (nSPS) is 11.2. The van der Waals surface area contributed by atoms with Crippen molar-refractivity contribution < 1.29 is 9.15 Å². The van der Waals surface area contributed by atoms with Crippen molar-refractivity contribution in [3.05, 3.63) is 51.4 Å². The van der Waals surface area contributed by atoms with Gasteiger partial charge in [0.25, 0.3) is 10.8 Å². The number of aromatic nitrogens is 5. The van der Waals surface area contributed by atoms with Crippen LogP contribution in [0.5, 0.6) is 5.75 Å². The van der Waals surface area contributed by atoms with Gasteiger partial charge in [0.2, 0.25) is 10.9 Å². The lowest BCUT2D eigenvalue weighted by molar-refractivity contribution is 0.414. The summed E-state index contributed by atoms with van der Waals surface area (Å²) in [5.41, 5.74) is 1.28. The predicted octanol–water partition coefficient (Wildman–Crippen LogP) is 3.06. The molecular weight excluding hydrogens is 386 g/mol. The Bertz CT molecular complexity index is 1130. The highest BCUT2D eigenvalue weighted by atomic mass is 32.2. The smallest absolute Gasteiger partial charge is 0.277 e. The third-order valence-corrected chi connectivity index (χ3v) is 5.63. The van der Waals surface area contributed by atoms with Crippen LogP contribution in [-0.4, -0.2) is 31.9 Å². The van der Waals surface area contributed by atoms with Crippen LogP contribution in [0, 0.1) is 0 Å². The second kappa shape index (κ2) is 7.49. The van der Waals surface area contributed by atoms with Gasteiger partial charge in [-0.15, -0.1) is 10.2 Å². The first kappa shape index (κ1) is 17.7. The summed E-state index contributed by atoms with van der Waals surface area (Å²) in [5, 5.41) is 13.7. The van der Waals surface area contributed by atoms with Gasteiger partial charge in [0.1, 0.15) is 10.8 Å². The minimum Gasteiger partial charge on any atom is -0.497 e. The Kier molecular flexibility index (Phi) is 4.90. The molecule has 0 aliphatic heterocycles. The fourth-order valence-corrected chi connectivity index (χ4v) is 3.88. The molecule has 0 radical (unpaired) electrons. The average molecular weight is 401 g/mol. The van der Waals surface area contributed by atoms with E-state index in [1.165, 1.54) is 33.7 Å². The molecule has 0 amide bonds. The molecule has 0 unspecified atom stereocenters. The molecule has 0 saturated carbocycles. The summed E-state index contributed by atoms with van der Waals surface area (Å²) in [6, 6.07) is 8.86. The molecule has 0 N–H and O–H groups in total. The summed E-state index contributed by atoms with van der Waals surface area (Å²) in [4.78, 5) is 17.3. The van der Waals surface area contributed by atoms with E-state index in [1.807, 2.05) is 31.2 Å². The van der Waals surface area contributed by atoms with Gasteiger partial charge in [-0.25, -0.2) is 4.98 Å². The van der Waals surface area contributed by atoms with Crippen LogP contribution < -0.4 is 10.3 Å². The maximum Gasteiger partial charge on any atom is 0.277 e. The first-order valence-electron chi connectivity index (χ1n) is 8.15. The zero-order valence-corrected chi connectivity index (χ0v) is 16.2. The van der Waals surface area contributed by atoms with Gasteiger partial charge in [0.15, 0.2) is 0 Å². The van der Waals surface area contributed by atoms with E-state index >= 15 is 0 Å². The summed E-state index contributed by atoms with van der Waals surface area (Å²) in [6.07, 6.45) is 0.771. The van der Waals surface area contributed by atoms with E-state index in [9.17, 15) is 4.79 Å². The molecular formula is C17H15N5O3S2. The van der Waals surface area contributed by atoms with Crippen molar-refractivity contribution >= 4 is 28.1 Å². The fraction of sp³-hybridized carbons (Fsp3) is 0.235. The lowest BCUT2D eigenvalue weighted by atomic mass is 10.2. The molecule has 3 aromatic heterocycles. The number of fused-ring (bicyclic) bond motifs is 1. The minimum atomic E-state index is -0.184. The largest absolute Gasteiger partial charge is 0.497 e. The monoisotopic (exact) mass is 401 g/mol. The fourth-order valence-electron chi connectivity index (χ4n) is 2.37. The molecule has 3 heterocycles. The van der Waals surface area contributed by atoms with Crippen LogP contribution in [0.3, 0.4) is 0 Å². The van der Waals surface area contributed by atoms with E-state index in [0.29, 0.717) is 27.5 Å². The maximum absolute atomic E-state index is 12.2. The van der Waals surface area contributed by atoms with Gasteiger partial charge < -0.3 is 9.15 Å². The van der Waals surface area contributed by atoms with Gasteiger partial charge in [-0.05, 0) is 30.7 Å². The molecule has 0 atom stereocenters. The number of hydrogen-bond acceptors (Lipinski definition) is 9. The molecule has 4 aromatic rings. The number of thioether (sulfide) groups is 1. The number of nitrogens with zero attached hydrogens (tertiary/aromatic N) is 5. The van der Waals surface area contributed by atoms with E-state index in [2.05, 4.69) is 20.3 Å². The third kappa shape index (κ3) is 3.71. The predicted molar refractivity (Wildman–Crippen MR) is 102 cm³/mol. The van der Waals surface area contributed by atoms with E-state index in [4.69, 9.17) is 9.15 Å². The highest BCUT2D eigenvalue weighted by Crippen LogP contribution is 2.26. The van der Waals surface area contributed by atoms with Crippen molar-refractivity contribution in [1.82, 2.24) is 24.8 Å². The Morgan fingerprint density at radius 1 is 1.26 bits per heavy atom. The Morgan fingerprint density at radius 3 is 2.81 bits per heavy atom. The van der Waals surface area contributed by atoms with Crippen LogP contribution in [0.2, 0.25) is 0 Å². The molecule has 10 heteroatoms. The lowest BCUT2D eigenvalue weighted by Gasteiger charge is -1.99. The van der Waals surface area contributed by atoms with Crippen molar-refractivity contribution in [2.75, 3.05) is 7.11 Å². The molecule has 0 saturated heterocycles. The lowest BCUT2D eigenvalue weighted by Crippen LogP contribution is -2.15. The number of methoxy groups -OCH3 is 1. The van der Waals surface area contributed by atoms with Crippen molar-refractivity contribution in [2.45, 2.75) is 24.3 Å². The number of rotatable bonds is 6. The Morgan fingerprint density at radius 2 is 2.07 bits per heavy atom. The summed E-state index contributed by atoms with van der Waals surface area (Å²) < 4.78 is 12.2. The van der Waals surface area contributed by atoms with Crippen molar-refractivity contribution in [2.24, 2.45) is 0 Å². The highest BCUT2D eigenvalue weighted by Gasteiger charge is 2.12. The van der Waals surface area contributed by atoms with E-state index < -0.39 is 0 Å². The van der Waals surface area contributed by atoms with Crippen LogP contribution in [0.4, 0.5) is 0 Å². The Hall–Kier alpha value is -2.72. The molecule has 0 aliphatic rings. The first-order valence-corrected chi connectivity index (χ1v) is 9.96. The zero-order chi connectivity index (χ0) is 18.8. The minimum absolute atomic E-state index is 0.184. The molecule has 0 fully saturated rings. The number of aryl methyl sites for hydroxylation is 1. The van der Waals surface area contributed by atoms with Gasteiger partial charge in [-0.2, -0.15) is 9.61 Å². The summed E-state index contributed by atoms with van der Waals surface area (Å²) in [7, 11) is 1.61. The first-order chi connectivity index (χ1) is 13.2. The van der Waals surface area contributed by atoms with Crippen molar-refractivity contribution in [1.29, 1.82) is 0 Å². The van der Waals surface area contributed by atoms with Gasteiger partial charge in [-0.1, -0.05) is 30.0 Å². The standard InChI is InChI=1S/C17H15N5O3S2/c1-3-13-21-22-14(23)8-11(18-16(22)27-13)9-26-17-20-19-15(25-17)10-4-6-12(24-2)7-5-10/h4-8H,3,9H2,1-2H3. The highest BCUT2D eigenvalue weighted by molar-refractivity contribution is 7.98. The second-order valence-electron chi connectivity index (χ2n) is 5.52. The Balaban J connectivity index is 1.49. The van der Waals surface area contributed by atoms with Gasteiger partial charge in [0.05, 0.1) is 12.8 Å². The van der Waals surface area contributed by atoms with Gasteiger partial charge in [-0.3, -0.25) is 4.79 Å². The summed E-state index contributed by atoms with van der Waals surface area (Å²) >= 11 is 2.76. The van der Waals surface area contributed by atoms with Crippen molar-refractivity contribution in [3.8, 4) is 17.2 Å². The van der Waals surface area contributed by atoms with Crippen molar-refractivity contribution in [3.63, 3.8) is 0 Å². The molecule has 4 rings (SSSR count). The molecule has 8 nitrogen and oxygen atoms in total. The SMILES string of the molecule is CCc1nn2c(=O)cc(CSc3nnc(-c4ccc(OC)cc4)o3)nc2s1. The van der Waals surface area contributed by atoms with Crippen LogP contribution in [0.25, 0.3) is 16.4 Å². The van der Waals surface area contributed by atoms with Crippen LogP contribution in [0.15, 0.2) is 44.8 Å². The van der Waals surface area contributed by atoms with E-state index in [0.717, 1.165) is 22.7 Å². The number of hydrogen-bond donors (Lipinski definition) is 0. The molecule has 0 bridgehead atoms. The molecule has 27 heavy (non-hydrogen) atoms. The van der Waals surface area contributed by atoms with Gasteiger partial charge >= 0.3 is 0 Å². The van der Waals surface area contributed by atoms with Gasteiger partial charge in [0, 0.05) is 17.4 Å². The molecule has 138 valence electrons. The second-order valence-corrected chi connectivity index (χ2v) is 7.49. The maximum atomic E-state index is 12.2. The number of ether oxygens (including phenoxy) is 1. The van der Waals surface area contributed by atoms with Crippen LogP contribution >= 0.6 is 23.1 Å². The molecule has 1 aromatic carbocycles. The van der Waals surface area contributed by atoms with Crippen LogP contribution in [-0.2, 0) is 12.2 Å². The Labute approximate surface area is 162 Å². The van der Waals surface area contributed by atoms with Crippen LogP contribution in [0.1, 0.15) is 17.6 Å². The summed E-state index contributed by atoms with van der Waals surface area (Å²) in [5.74, 6) is 1.64. The van der Waals surface area contributed by atoms with E-state index in [1.54, 1.807) is 7.11 Å². The quantitative estimate of drug-likeness (QED) is 0.455.